The highest BCUT2D eigenvalue weighted by molar-refractivity contribution is 7.98. The van der Waals surface area contributed by atoms with E-state index in [1.54, 1.807) is 20.1 Å². The van der Waals surface area contributed by atoms with E-state index < -0.39 is 72.6 Å². The molecule has 0 bridgehead atoms. The van der Waals surface area contributed by atoms with Crippen LogP contribution < -0.4 is 27.4 Å². The fraction of sp³-hybridized carbons (Fsp3) is 0.700. The van der Waals surface area contributed by atoms with E-state index in [9.17, 15) is 33.9 Å². The Morgan fingerprint density at radius 2 is 1.38 bits per heavy atom. The summed E-state index contributed by atoms with van der Waals surface area (Å²) >= 11 is 1.42. The van der Waals surface area contributed by atoms with Gasteiger partial charge < -0.3 is 37.6 Å². The van der Waals surface area contributed by atoms with Crippen molar-refractivity contribution in [2.75, 3.05) is 12.0 Å². The molecule has 0 aromatic heterocycles. The molecular formula is C20H35N5O8S. The van der Waals surface area contributed by atoms with Crippen LogP contribution in [-0.2, 0) is 28.8 Å². The van der Waals surface area contributed by atoms with E-state index in [0.29, 0.717) is 5.75 Å². The van der Waals surface area contributed by atoms with Gasteiger partial charge in [-0.3, -0.25) is 24.0 Å². The van der Waals surface area contributed by atoms with Crippen LogP contribution in [0.3, 0.4) is 0 Å². The van der Waals surface area contributed by atoms with Crippen molar-refractivity contribution < 1.29 is 39.0 Å². The van der Waals surface area contributed by atoms with Gasteiger partial charge >= 0.3 is 11.9 Å². The molecular weight excluding hydrogens is 470 g/mol. The van der Waals surface area contributed by atoms with Gasteiger partial charge in [0.25, 0.3) is 0 Å². The second-order valence-corrected chi connectivity index (χ2v) is 9.13. The molecule has 0 spiro atoms. The predicted octanol–water partition coefficient (Wildman–Crippen LogP) is -1.61. The Labute approximate surface area is 202 Å². The van der Waals surface area contributed by atoms with E-state index in [-0.39, 0.29) is 25.2 Å². The molecule has 0 saturated heterocycles. The Balaban J connectivity index is 5.48. The summed E-state index contributed by atoms with van der Waals surface area (Å²) in [4.78, 5) is 71.1. The number of nitrogens with two attached hydrogens (primary N) is 2. The van der Waals surface area contributed by atoms with Gasteiger partial charge in [0, 0.05) is 6.42 Å². The highest BCUT2D eigenvalue weighted by atomic mass is 32.2. The Morgan fingerprint density at radius 3 is 1.85 bits per heavy atom. The molecule has 0 aromatic rings. The lowest BCUT2D eigenvalue weighted by atomic mass is 10.0. The summed E-state index contributed by atoms with van der Waals surface area (Å²) in [6.45, 7) is 3.59. The van der Waals surface area contributed by atoms with Crippen molar-refractivity contribution in [2.45, 2.75) is 70.1 Å². The van der Waals surface area contributed by atoms with Crippen molar-refractivity contribution in [1.29, 1.82) is 0 Å². The molecule has 0 aliphatic heterocycles. The van der Waals surface area contributed by atoms with Crippen LogP contribution in [0.2, 0.25) is 0 Å². The van der Waals surface area contributed by atoms with Crippen molar-refractivity contribution in [1.82, 2.24) is 16.0 Å². The van der Waals surface area contributed by atoms with Crippen LogP contribution in [0.1, 0.15) is 46.0 Å². The first kappa shape index (κ1) is 31.1. The Hall–Kier alpha value is -2.87. The van der Waals surface area contributed by atoms with Crippen molar-refractivity contribution in [2.24, 2.45) is 17.4 Å². The lowest BCUT2D eigenvalue weighted by Gasteiger charge is -2.26. The summed E-state index contributed by atoms with van der Waals surface area (Å²) in [5.74, 6) is -5.22. The lowest BCUT2D eigenvalue weighted by molar-refractivity contribution is -0.143. The van der Waals surface area contributed by atoms with Crippen LogP contribution in [0.25, 0.3) is 0 Å². The van der Waals surface area contributed by atoms with Crippen LogP contribution in [0.5, 0.6) is 0 Å². The number of nitrogens with one attached hydrogen (secondary N) is 3. The quantitative estimate of drug-likeness (QED) is 0.119. The Kier molecular flexibility index (Phi) is 14.5. The van der Waals surface area contributed by atoms with E-state index in [1.165, 1.54) is 11.8 Å². The summed E-state index contributed by atoms with van der Waals surface area (Å²) in [6.07, 6.45) is 0.957. The number of carbonyl (C=O) groups is 6. The molecule has 4 atom stereocenters. The topological polar surface area (TPSA) is 231 Å². The normalized spacial score (nSPS) is 14.4. The zero-order valence-corrected chi connectivity index (χ0v) is 20.4. The van der Waals surface area contributed by atoms with E-state index in [4.69, 9.17) is 16.6 Å². The number of hydrogen-bond acceptors (Lipinski definition) is 8. The summed E-state index contributed by atoms with van der Waals surface area (Å²) in [6, 6.07) is -4.90. The van der Waals surface area contributed by atoms with E-state index in [2.05, 4.69) is 16.0 Å². The number of hydrogen-bond donors (Lipinski definition) is 7. The molecule has 13 nitrogen and oxygen atoms in total. The first-order chi connectivity index (χ1) is 15.8. The van der Waals surface area contributed by atoms with Gasteiger partial charge in [-0.15, -0.1) is 0 Å². The first-order valence-corrected chi connectivity index (χ1v) is 12.1. The maximum absolute atomic E-state index is 12.9. The first-order valence-electron chi connectivity index (χ1n) is 10.7. The van der Waals surface area contributed by atoms with Gasteiger partial charge in [0.2, 0.25) is 23.6 Å². The average Bonchev–Trinajstić information content (AvgIpc) is 2.71. The molecule has 0 heterocycles. The molecule has 0 aliphatic carbocycles. The standard InChI is InChI=1S/C20H35N5O8S/c1-10(2)8-14(19(31)24-13(20(32)33)4-5-16(27)28)25-18(30)12(6-7-34-3)23-17(29)11(21)9-15(22)26/h10-14H,4-9,21H2,1-3H3,(H2,22,26)(H,23,29)(H,24,31)(H,25,30)(H,27,28)(H,32,33). The van der Waals surface area contributed by atoms with E-state index in [0.717, 1.165) is 0 Å². The minimum absolute atomic E-state index is 0.0680. The Bertz CT molecular complexity index is 748. The molecule has 0 saturated carbocycles. The number of thioether (sulfide) groups is 1. The summed E-state index contributed by atoms with van der Waals surface area (Å²) in [7, 11) is 0. The van der Waals surface area contributed by atoms with Crippen molar-refractivity contribution in [3.8, 4) is 0 Å². The van der Waals surface area contributed by atoms with Crippen molar-refractivity contribution in [3.05, 3.63) is 0 Å². The molecule has 0 aliphatic rings. The average molecular weight is 506 g/mol. The third kappa shape index (κ3) is 13.0. The van der Waals surface area contributed by atoms with Gasteiger partial charge in [-0.05, 0) is 37.2 Å². The van der Waals surface area contributed by atoms with Crippen LogP contribution in [0.15, 0.2) is 0 Å². The highest BCUT2D eigenvalue weighted by Gasteiger charge is 2.31. The van der Waals surface area contributed by atoms with Crippen LogP contribution >= 0.6 is 11.8 Å². The minimum atomic E-state index is -1.45. The summed E-state index contributed by atoms with van der Waals surface area (Å²) in [5, 5.41) is 25.3. The van der Waals surface area contributed by atoms with Crippen molar-refractivity contribution >= 4 is 47.3 Å². The molecule has 0 fully saturated rings. The molecule has 9 N–H and O–H groups in total. The van der Waals surface area contributed by atoms with Gasteiger partial charge in [0.15, 0.2) is 0 Å². The lowest BCUT2D eigenvalue weighted by Crippen LogP contribution is -2.57. The number of carboxylic acids is 2. The highest BCUT2D eigenvalue weighted by Crippen LogP contribution is 2.09. The minimum Gasteiger partial charge on any atom is -0.481 e. The van der Waals surface area contributed by atoms with Gasteiger partial charge in [0.05, 0.1) is 12.5 Å². The molecule has 0 radical (unpaired) electrons. The fourth-order valence-corrected chi connectivity index (χ4v) is 3.34. The summed E-state index contributed by atoms with van der Waals surface area (Å²) < 4.78 is 0. The number of primary amides is 1. The summed E-state index contributed by atoms with van der Waals surface area (Å²) in [5.41, 5.74) is 10.7. The monoisotopic (exact) mass is 505 g/mol. The predicted molar refractivity (Wildman–Crippen MR) is 125 cm³/mol. The van der Waals surface area contributed by atoms with Gasteiger partial charge in [0.1, 0.15) is 18.1 Å². The molecule has 4 amide bonds. The number of carbonyl (C=O) groups excluding carboxylic acids is 4. The third-order valence-electron chi connectivity index (χ3n) is 4.60. The van der Waals surface area contributed by atoms with Gasteiger partial charge in [-0.1, -0.05) is 13.8 Å². The maximum Gasteiger partial charge on any atom is 0.326 e. The fourth-order valence-electron chi connectivity index (χ4n) is 2.87. The van der Waals surface area contributed by atoms with Crippen LogP contribution in [0, 0.1) is 5.92 Å². The molecule has 4 unspecified atom stereocenters. The molecule has 34 heavy (non-hydrogen) atoms. The zero-order valence-electron chi connectivity index (χ0n) is 19.5. The zero-order chi connectivity index (χ0) is 26.4. The number of rotatable bonds is 17. The van der Waals surface area contributed by atoms with Crippen LogP contribution in [0.4, 0.5) is 0 Å². The molecule has 0 aromatic carbocycles. The second kappa shape index (κ2) is 15.9. The number of aliphatic carboxylic acids is 2. The van der Waals surface area contributed by atoms with E-state index >= 15 is 0 Å². The van der Waals surface area contributed by atoms with Crippen LogP contribution in [-0.4, -0.2) is 82.0 Å². The largest absolute Gasteiger partial charge is 0.481 e. The number of carboxylic acid groups (broad SMARTS) is 2. The Morgan fingerprint density at radius 1 is 0.853 bits per heavy atom. The number of amides is 4. The van der Waals surface area contributed by atoms with Gasteiger partial charge in [-0.2, -0.15) is 11.8 Å². The van der Waals surface area contributed by atoms with E-state index in [1.807, 2.05) is 0 Å². The molecule has 14 heteroatoms. The maximum atomic E-state index is 12.9. The molecule has 194 valence electrons. The van der Waals surface area contributed by atoms with Gasteiger partial charge in [-0.25, -0.2) is 4.79 Å². The SMILES string of the molecule is CSCCC(NC(=O)C(N)CC(N)=O)C(=O)NC(CC(C)C)C(=O)NC(CCC(=O)O)C(=O)O. The third-order valence-corrected chi connectivity index (χ3v) is 5.25. The molecule has 0 rings (SSSR count). The second-order valence-electron chi connectivity index (χ2n) is 8.14. The van der Waals surface area contributed by atoms with Crippen molar-refractivity contribution in [3.63, 3.8) is 0 Å². The smallest absolute Gasteiger partial charge is 0.326 e.